The highest BCUT2D eigenvalue weighted by Crippen LogP contribution is 2.02. The van der Waals surface area contributed by atoms with Crippen LogP contribution in [0.5, 0.6) is 0 Å². The molecule has 0 atom stereocenters. The Kier molecular flexibility index (Phi) is 3.54. The van der Waals surface area contributed by atoms with Crippen molar-refractivity contribution in [2.75, 3.05) is 0 Å². The van der Waals surface area contributed by atoms with Crippen molar-refractivity contribution >= 4 is 23.3 Å². The number of carbonyl (C=O) groups excluding carboxylic acids is 1. The summed E-state index contributed by atoms with van der Waals surface area (Å²) in [7, 11) is 0. The van der Waals surface area contributed by atoms with Crippen molar-refractivity contribution < 1.29 is 18.9 Å². The molecule has 0 aliphatic rings. The normalized spacial score (nSPS) is 8.00. The van der Waals surface area contributed by atoms with Gasteiger partial charge < -0.3 is 9.29 Å². The van der Waals surface area contributed by atoms with Crippen molar-refractivity contribution in [1.82, 2.24) is 0 Å². The van der Waals surface area contributed by atoms with Gasteiger partial charge in [-0.05, 0) is 0 Å². The monoisotopic (exact) mass is 148 g/mol. The summed E-state index contributed by atoms with van der Waals surface area (Å²) in [6.07, 6.45) is 0.885. The lowest BCUT2D eigenvalue weighted by molar-refractivity contribution is -0.127. The van der Waals surface area contributed by atoms with Crippen LogP contribution in [0.15, 0.2) is 12.7 Å². The van der Waals surface area contributed by atoms with Gasteiger partial charge in [0.05, 0.1) is 0 Å². The van der Waals surface area contributed by atoms with E-state index in [9.17, 15) is 9.59 Å². The fourth-order valence-electron chi connectivity index (χ4n) is 0.111. The number of carbonyl (C=O) groups is 2. The topological polar surface area (TPSA) is 63.6 Å². The Labute approximate surface area is 55.7 Å². The van der Waals surface area contributed by atoms with Gasteiger partial charge in [-0.25, -0.2) is 9.59 Å². The third-order valence-electron chi connectivity index (χ3n) is 0.362. The lowest BCUT2D eigenvalue weighted by Gasteiger charge is -1.90. The molecule has 0 saturated heterocycles. The van der Waals surface area contributed by atoms with Gasteiger partial charge in [0.25, 0.3) is 0 Å². The van der Waals surface area contributed by atoms with Crippen molar-refractivity contribution in [3.8, 4) is 0 Å². The summed E-state index contributed by atoms with van der Waals surface area (Å²) in [4.78, 5) is 19.8. The minimum Gasteiger partial charge on any atom is -0.471 e. The Bertz CT molecular complexity index is 142. The molecule has 0 aromatic rings. The van der Waals surface area contributed by atoms with E-state index in [1.165, 1.54) is 0 Å². The second kappa shape index (κ2) is 3.96. The van der Waals surface area contributed by atoms with Crippen LogP contribution in [-0.2, 0) is 8.98 Å². The molecule has 0 saturated carbocycles. The Balaban J connectivity index is 3.39. The van der Waals surface area contributed by atoms with Crippen molar-refractivity contribution in [2.24, 2.45) is 0 Å². The van der Waals surface area contributed by atoms with Crippen LogP contribution < -0.4 is 0 Å². The molecule has 0 aliphatic carbocycles. The van der Waals surface area contributed by atoms with E-state index in [1.54, 1.807) is 0 Å². The third-order valence-corrected chi connectivity index (χ3v) is 0.752. The Hall–Kier alpha value is -0.970. The van der Waals surface area contributed by atoms with Gasteiger partial charge in [-0.1, -0.05) is 6.58 Å². The third kappa shape index (κ3) is 4.89. The number of carboxylic acid groups (broad SMARTS) is 1. The largest absolute Gasteiger partial charge is 0.471 e. The highest BCUT2D eigenvalue weighted by Gasteiger charge is 2.01. The summed E-state index contributed by atoms with van der Waals surface area (Å²) in [6, 6.07) is 0. The molecule has 0 amide bonds. The molecule has 5 heteroatoms. The molecule has 0 bridgehead atoms. The van der Waals surface area contributed by atoms with Crippen LogP contribution in [0.1, 0.15) is 0 Å². The summed E-state index contributed by atoms with van der Waals surface area (Å²) >= 11 is 0.0598. The van der Waals surface area contributed by atoms with Gasteiger partial charge in [-0.3, -0.25) is 0 Å². The second-order valence-electron chi connectivity index (χ2n) is 0.956. The fourth-order valence-corrected chi connectivity index (χ4v) is 0.332. The molecule has 50 valence electrons. The van der Waals surface area contributed by atoms with Crippen LogP contribution in [0.25, 0.3) is 0 Å². The van der Waals surface area contributed by atoms with E-state index >= 15 is 0 Å². The summed E-state index contributed by atoms with van der Waals surface area (Å²) in [5, 5.41) is 6.65. The molecule has 0 fully saturated rings. The molecule has 0 unspecified atom stereocenters. The lowest BCUT2D eigenvalue weighted by atomic mass is 10.7. The maximum Gasteiger partial charge on any atom is 0.404 e. The van der Waals surface area contributed by atoms with Crippen molar-refractivity contribution in [1.29, 1.82) is 0 Å². The highest BCUT2D eigenvalue weighted by molar-refractivity contribution is 8.09. The van der Waals surface area contributed by atoms with Crippen molar-refractivity contribution in [3.63, 3.8) is 0 Å². The van der Waals surface area contributed by atoms with Gasteiger partial charge in [0, 0.05) is 6.08 Å². The zero-order valence-electron chi connectivity index (χ0n) is 4.36. The van der Waals surface area contributed by atoms with Crippen LogP contribution in [0.3, 0.4) is 0 Å². The molecule has 0 heterocycles. The number of rotatable bonds is 1. The van der Waals surface area contributed by atoms with E-state index in [0.717, 1.165) is 6.08 Å². The molecular formula is C4H4O4S. The van der Waals surface area contributed by atoms with Gasteiger partial charge in [-0.15, -0.1) is 0 Å². The predicted molar refractivity (Wildman–Crippen MR) is 31.9 cm³/mol. The van der Waals surface area contributed by atoms with Gasteiger partial charge in [-0.2, -0.15) is 0 Å². The quantitative estimate of drug-likeness (QED) is 0.444. The zero-order chi connectivity index (χ0) is 7.28. The molecular weight excluding hydrogens is 144 g/mol. The van der Waals surface area contributed by atoms with Crippen LogP contribution in [0.2, 0.25) is 0 Å². The standard InChI is InChI=1S/C4H4O4S/c1-2-3(5)8-9-4(6)7/h2H,1H2,(H,6,7). The Morgan fingerprint density at radius 2 is 2.22 bits per heavy atom. The predicted octanol–water partition coefficient (Wildman–Crippen LogP) is 1.04. The van der Waals surface area contributed by atoms with E-state index in [1.807, 2.05) is 0 Å². The maximum absolute atomic E-state index is 10.1. The summed E-state index contributed by atoms with van der Waals surface area (Å²) in [5.74, 6) is -0.762. The highest BCUT2D eigenvalue weighted by atomic mass is 32.2. The number of hydrogen-bond acceptors (Lipinski definition) is 4. The molecule has 0 radical (unpaired) electrons. The fraction of sp³-hybridized carbons (Fsp3) is 0. The van der Waals surface area contributed by atoms with Crippen molar-refractivity contribution in [2.45, 2.75) is 0 Å². The molecule has 0 aromatic carbocycles. The maximum atomic E-state index is 10.1. The average molecular weight is 148 g/mol. The van der Waals surface area contributed by atoms with Gasteiger partial charge in [0.2, 0.25) is 0 Å². The minimum absolute atomic E-state index is 0.0598. The van der Waals surface area contributed by atoms with Crippen LogP contribution in [-0.4, -0.2) is 16.4 Å². The van der Waals surface area contributed by atoms with Crippen LogP contribution in [0, 0.1) is 0 Å². The smallest absolute Gasteiger partial charge is 0.404 e. The van der Waals surface area contributed by atoms with E-state index in [-0.39, 0.29) is 12.0 Å². The first-order valence-corrected chi connectivity index (χ1v) is 2.65. The molecule has 4 nitrogen and oxygen atoms in total. The molecule has 0 rings (SSSR count). The Morgan fingerprint density at radius 3 is 2.56 bits per heavy atom. The summed E-state index contributed by atoms with van der Waals surface area (Å²) in [6.45, 7) is 3.06. The Morgan fingerprint density at radius 1 is 1.67 bits per heavy atom. The first-order valence-electron chi connectivity index (χ1n) is 1.90. The summed E-state index contributed by atoms with van der Waals surface area (Å²) in [5.41, 5.74) is 0. The first-order chi connectivity index (χ1) is 4.16. The van der Waals surface area contributed by atoms with E-state index in [2.05, 4.69) is 10.8 Å². The second-order valence-corrected chi connectivity index (χ2v) is 1.64. The molecule has 0 spiro atoms. The number of hydrogen-bond donors (Lipinski definition) is 1. The first kappa shape index (κ1) is 8.03. The van der Waals surface area contributed by atoms with Crippen LogP contribution >= 0.6 is 12.0 Å². The van der Waals surface area contributed by atoms with Crippen molar-refractivity contribution in [3.05, 3.63) is 12.7 Å². The van der Waals surface area contributed by atoms with Gasteiger partial charge in [0.15, 0.2) is 12.0 Å². The molecule has 1 N–H and O–H groups in total. The van der Waals surface area contributed by atoms with Gasteiger partial charge >= 0.3 is 11.3 Å². The zero-order valence-corrected chi connectivity index (χ0v) is 5.18. The van der Waals surface area contributed by atoms with Crippen LogP contribution in [0.4, 0.5) is 4.79 Å². The van der Waals surface area contributed by atoms with E-state index in [4.69, 9.17) is 5.11 Å². The molecule has 0 aliphatic heterocycles. The SMILES string of the molecule is C=CC(=O)OSC(=O)O. The summed E-state index contributed by atoms with van der Waals surface area (Å²) < 4.78 is 4.01. The van der Waals surface area contributed by atoms with Gasteiger partial charge in [0.1, 0.15) is 0 Å². The molecule has 0 aromatic heterocycles. The van der Waals surface area contributed by atoms with E-state index in [0.29, 0.717) is 0 Å². The minimum atomic E-state index is -1.26. The lowest BCUT2D eigenvalue weighted by Crippen LogP contribution is -1.94. The average Bonchev–Trinajstić information content (AvgIpc) is 1.83. The molecule has 9 heavy (non-hydrogen) atoms. The van der Waals surface area contributed by atoms with E-state index < -0.39 is 11.3 Å².